The van der Waals surface area contributed by atoms with Crippen LogP contribution in [0.2, 0.25) is 0 Å². The summed E-state index contributed by atoms with van der Waals surface area (Å²) in [6.45, 7) is 2.73. The van der Waals surface area contributed by atoms with E-state index in [0.29, 0.717) is 18.7 Å². The quantitative estimate of drug-likeness (QED) is 0.532. The Morgan fingerprint density at radius 3 is 2.71 bits per heavy atom. The molecule has 0 radical (unpaired) electrons. The summed E-state index contributed by atoms with van der Waals surface area (Å²) in [6.07, 6.45) is 1.96. The van der Waals surface area contributed by atoms with Crippen LogP contribution in [0.3, 0.4) is 0 Å². The predicted molar refractivity (Wildman–Crippen MR) is 127 cm³/mol. The van der Waals surface area contributed by atoms with Gasteiger partial charge in [0.25, 0.3) is 11.8 Å². The highest BCUT2D eigenvalue weighted by molar-refractivity contribution is 6.00. The third-order valence-electron chi connectivity index (χ3n) is 6.04. The number of fused-ring (bicyclic) bond motifs is 1. The Labute approximate surface area is 202 Å². The summed E-state index contributed by atoms with van der Waals surface area (Å²) in [5, 5.41) is 8.75. The monoisotopic (exact) mass is 486 g/mol. The fourth-order valence-electron chi connectivity index (χ4n) is 3.93. The van der Waals surface area contributed by atoms with Crippen molar-refractivity contribution < 1.29 is 27.8 Å². The Morgan fingerprint density at radius 2 is 2.03 bits per heavy atom. The third-order valence-corrected chi connectivity index (χ3v) is 6.04. The number of likely N-dealkylation sites (N-methyl/N-ethyl adjacent to an activating group) is 1. The summed E-state index contributed by atoms with van der Waals surface area (Å²) < 4.78 is 39.9. The van der Waals surface area contributed by atoms with Crippen molar-refractivity contribution in [1.29, 1.82) is 0 Å². The van der Waals surface area contributed by atoms with Gasteiger partial charge in [0, 0.05) is 49.4 Å². The average molecular weight is 487 g/mol. The minimum atomic E-state index is -0.717. The Hall–Kier alpha value is -3.66. The standard InChI is InChI=1S/C25H28F2N4O4/c1-14(28-2)6-20(29-3)16-4-5-22(19(27)7-16)34-12-15-10-31(11-15)25(33)17-8-21-23(9-18(17)26)35-13-24(32)30-21/h4-9,14-15,28-29H,10-13H2,1-3H3,(H,30,32)/b20-6-. The molecule has 3 N–H and O–H groups in total. The molecule has 2 aromatic carbocycles. The number of carbonyl (C=O) groups is 2. The first kappa shape index (κ1) is 24.5. The molecule has 0 spiro atoms. The van der Waals surface area contributed by atoms with Crippen LogP contribution in [0.15, 0.2) is 36.4 Å². The number of likely N-dealkylation sites (tertiary alicyclic amines) is 1. The first-order valence-corrected chi connectivity index (χ1v) is 11.3. The van der Waals surface area contributed by atoms with Crippen LogP contribution in [-0.4, -0.2) is 63.2 Å². The van der Waals surface area contributed by atoms with Gasteiger partial charge in [-0.3, -0.25) is 9.59 Å². The average Bonchev–Trinajstić information content (AvgIpc) is 2.81. The summed E-state index contributed by atoms with van der Waals surface area (Å²) in [6, 6.07) is 7.28. The molecule has 186 valence electrons. The lowest BCUT2D eigenvalue weighted by molar-refractivity contribution is -0.118. The predicted octanol–water partition coefficient (Wildman–Crippen LogP) is 2.61. The summed E-state index contributed by atoms with van der Waals surface area (Å²) >= 11 is 0. The zero-order valence-electron chi connectivity index (χ0n) is 19.8. The molecule has 2 amide bonds. The highest BCUT2D eigenvalue weighted by Gasteiger charge is 2.34. The molecule has 2 aromatic rings. The van der Waals surface area contributed by atoms with E-state index in [-0.39, 0.29) is 53.8 Å². The SMILES string of the molecule is CN/C(=C\C(C)NC)c1ccc(OCC2CN(C(=O)c3cc4c(cc3F)OCC(=O)N4)C2)c(F)c1. The topological polar surface area (TPSA) is 91.9 Å². The van der Waals surface area contributed by atoms with Crippen LogP contribution in [0.1, 0.15) is 22.8 Å². The Bertz CT molecular complexity index is 1160. The van der Waals surface area contributed by atoms with E-state index in [9.17, 15) is 18.4 Å². The van der Waals surface area contributed by atoms with E-state index in [0.717, 1.165) is 11.8 Å². The number of anilines is 1. The normalized spacial score (nSPS) is 16.5. The lowest BCUT2D eigenvalue weighted by Gasteiger charge is -2.39. The first-order chi connectivity index (χ1) is 16.8. The molecule has 1 unspecified atom stereocenters. The number of rotatable bonds is 8. The second-order valence-corrected chi connectivity index (χ2v) is 8.61. The number of nitrogens with zero attached hydrogens (tertiary/aromatic N) is 1. The Balaban J connectivity index is 1.33. The number of hydrogen-bond donors (Lipinski definition) is 3. The lowest BCUT2D eigenvalue weighted by Crippen LogP contribution is -2.52. The molecule has 0 aromatic heterocycles. The number of amides is 2. The smallest absolute Gasteiger partial charge is 0.262 e. The summed E-state index contributed by atoms with van der Waals surface area (Å²) in [5.74, 6) is -1.73. The van der Waals surface area contributed by atoms with Gasteiger partial charge in [0.1, 0.15) is 11.6 Å². The Morgan fingerprint density at radius 1 is 1.26 bits per heavy atom. The molecular weight excluding hydrogens is 458 g/mol. The van der Waals surface area contributed by atoms with Gasteiger partial charge in [0.05, 0.1) is 17.9 Å². The molecule has 2 aliphatic heterocycles. The number of nitrogens with one attached hydrogen (secondary N) is 3. The molecule has 35 heavy (non-hydrogen) atoms. The van der Waals surface area contributed by atoms with E-state index < -0.39 is 17.5 Å². The highest BCUT2D eigenvalue weighted by Crippen LogP contribution is 2.32. The van der Waals surface area contributed by atoms with Crippen LogP contribution in [0.25, 0.3) is 5.70 Å². The number of benzene rings is 2. The number of carbonyl (C=O) groups excluding carboxylic acids is 2. The van der Waals surface area contributed by atoms with E-state index in [1.165, 1.54) is 17.0 Å². The van der Waals surface area contributed by atoms with Crippen molar-refractivity contribution in [2.75, 3.05) is 45.7 Å². The highest BCUT2D eigenvalue weighted by atomic mass is 19.1. The van der Waals surface area contributed by atoms with E-state index in [4.69, 9.17) is 9.47 Å². The fraction of sp³-hybridized carbons (Fsp3) is 0.360. The molecule has 0 bridgehead atoms. The van der Waals surface area contributed by atoms with Gasteiger partial charge in [-0.1, -0.05) is 0 Å². The van der Waals surface area contributed by atoms with Gasteiger partial charge in [-0.2, -0.15) is 0 Å². The van der Waals surface area contributed by atoms with Crippen LogP contribution in [0, 0.1) is 17.6 Å². The van der Waals surface area contributed by atoms with Gasteiger partial charge in [-0.25, -0.2) is 8.78 Å². The van der Waals surface area contributed by atoms with Crippen LogP contribution in [0.5, 0.6) is 11.5 Å². The molecule has 2 aliphatic rings. The van der Waals surface area contributed by atoms with Crippen LogP contribution < -0.4 is 25.4 Å². The van der Waals surface area contributed by atoms with Crippen molar-refractivity contribution in [2.24, 2.45) is 5.92 Å². The molecule has 1 atom stereocenters. The molecule has 1 fully saturated rings. The number of ether oxygens (including phenoxy) is 2. The summed E-state index contributed by atoms with van der Waals surface area (Å²) in [4.78, 5) is 25.7. The van der Waals surface area contributed by atoms with Gasteiger partial charge in [-0.05, 0) is 44.3 Å². The molecular formula is C25H28F2N4O4. The maximum Gasteiger partial charge on any atom is 0.262 e. The third kappa shape index (κ3) is 5.37. The van der Waals surface area contributed by atoms with E-state index in [1.807, 2.05) is 20.0 Å². The van der Waals surface area contributed by atoms with Gasteiger partial charge in [-0.15, -0.1) is 0 Å². The van der Waals surface area contributed by atoms with Crippen molar-refractivity contribution in [3.05, 3.63) is 59.2 Å². The molecule has 10 heteroatoms. The van der Waals surface area contributed by atoms with Gasteiger partial charge < -0.3 is 30.3 Å². The van der Waals surface area contributed by atoms with Gasteiger partial charge in [0.2, 0.25) is 0 Å². The zero-order valence-corrected chi connectivity index (χ0v) is 19.8. The lowest BCUT2D eigenvalue weighted by atomic mass is 9.99. The van der Waals surface area contributed by atoms with Crippen molar-refractivity contribution in [1.82, 2.24) is 15.5 Å². The zero-order chi connectivity index (χ0) is 25.1. The van der Waals surface area contributed by atoms with E-state index >= 15 is 0 Å². The van der Waals surface area contributed by atoms with Gasteiger partial charge >= 0.3 is 0 Å². The second-order valence-electron chi connectivity index (χ2n) is 8.61. The molecule has 8 nitrogen and oxygen atoms in total. The maximum atomic E-state index is 14.6. The maximum absolute atomic E-state index is 14.6. The van der Waals surface area contributed by atoms with Gasteiger partial charge in [0.15, 0.2) is 18.2 Å². The molecule has 0 aliphatic carbocycles. The molecule has 4 rings (SSSR count). The van der Waals surface area contributed by atoms with Crippen molar-refractivity contribution in [3.63, 3.8) is 0 Å². The number of hydrogen-bond acceptors (Lipinski definition) is 6. The molecule has 0 saturated carbocycles. The Kier molecular flexibility index (Phi) is 7.20. The molecule has 1 saturated heterocycles. The first-order valence-electron chi connectivity index (χ1n) is 11.3. The second kappa shape index (κ2) is 10.3. The number of halogens is 2. The van der Waals surface area contributed by atoms with E-state index in [2.05, 4.69) is 16.0 Å². The van der Waals surface area contributed by atoms with Crippen molar-refractivity contribution in [2.45, 2.75) is 13.0 Å². The fourth-order valence-corrected chi connectivity index (χ4v) is 3.93. The summed E-state index contributed by atoms with van der Waals surface area (Å²) in [7, 11) is 3.62. The molecule has 2 heterocycles. The summed E-state index contributed by atoms with van der Waals surface area (Å²) in [5.41, 5.74) is 1.62. The van der Waals surface area contributed by atoms with Crippen LogP contribution >= 0.6 is 0 Å². The van der Waals surface area contributed by atoms with Crippen molar-refractivity contribution >= 4 is 23.2 Å². The van der Waals surface area contributed by atoms with Crippen LogP contribution in [0.4, 0.5) is 14.5 Å². The largest absolute Gasteiger partial charge is 0.490 e. The van der Waals surface area contributed by atoms with Crippen LogP contribution in [-0.2, 0) is 4.79 Å². The minimum absolute atomic E-state index is 0.00834. The van der Waals surface area contributed by atoms with E-state index in [1.54, 1.807) is 19.2 Å². The minimum Gasteiger partial charge on any atom is -0.490 e. The van der Waals surface area contributed by atoms with Crippen molar-refractivity contribution in [3.8, 4) is 11.5 Å².